The molecule has 1 fully saturated rings. The van der Waals surface area contributed by atoms with E-state index in [4.69, 9.17) is 10.5 Å². The molecule has 1 saturated carbocycles. The number of hydrogen-bond acceptors (Lipinski definition) is 3. The molecule has 0 aromatic heterocycles. The molecular weight excluding hydrogens is 224 g/mol. The van der Waals surface area contributed by atoms with Gasteiger partial charge in [-0.3, -0.25) is 0 Å². The summed E-state index contributed by atoms with van der Waals surface area (Å²) in [7, 11) is 1.70. The van der Waals surface area contributed by atoms with Gasteiger partial charge < -0.3 is 15.8 Å². The van der Waals surface area contributed by atoms with E-state index in [1.165, 1.54) is 24.8 Å². The highest BCUT2D eigenvalue weighted by atomic mass is 16.5. The highest BCUT2D eigenvalue weighted by molar-refractivity contribution is 5.28. The van der Waals surface area contributed by atoms with Crippen molar-refractivity contribution in [2.24, 2.45) is 11.7 Å². The first kappa shape index (κ1) is 13.4. The lowest BCUT2D eigenvalue weighted by Crippen LogP contribution is -2.37. The summed E-state index contributed by atoms with van der Waals surface area (Å²) in [5.41, 5.74) is 7.12. The summed E-state index contributed by atoms with van der Waals surface area (Å²) in [4.78, 5) is 0. The van der Waals surface area contributed by atoms with Crippen LogP contribution in [0.25, 0.3) is 0 Å². The number of nitrogens with two attached hydrogens (primary N) is 1. The van der Waals surface area contributed by atoms with Gasteiger partial charge in [-0.05, 0) is 49.9 Å². The van der Waals surface area contributed by atoms with E-state index in [0.29, 0.717) is 18.0 Å². The average Bonchev–Trinajstić information content (AvgIpc) is 2.86. The molecule has 3 N–H and O–H groups in total. The number of rotatable bonds is 5. The van der Waals surface area contributed by atoms with E-state index in [-0.39, 0.29) is 0 Å². The van der Waals surface area contributed by atoms with Crippen molar-refractivity contribution >= 4 is 0 Å². The Balaban J connectivity index is 1.95. The fourth-order valence-corrected chi connectivity index (χ4v) is 2.85. The molecule has 3 heteroatoms. The van der Waals surface area contributed by atoms with Crippen LogP contribution in [-0.4, -0.2) is 19.7 Å². The van der Waals surface area contributed by atoms with Crippen LogP contribution in [0.5, 0.6) is 5.75 Å². The first-order chi connectivity index (χ1) is 8.74. The predicted octanol–water partition coefficient (Wildman–Crippen LogP) is 2.47. The normalized spacial score (nSPS) is 25.1. The zero-order chi connectivity index (χ0) is 13.0. The fraction of sp³-hybridized carbons (Fsp3) is 0.600. The van der Waals surface area contributed by atoms with Crippen molar-refractivity contribution in [1.29, 1.82) is 0 Å². The third kappa shape index (κ3) is 3.03. The zero-order valence-electron chi connectivity index (χ0n) is 11.4. The maximum absolute atomic E-state index is 5.82. The van der Waals surface area contributed by atoms with Crippen LogP contribution in [0.1, 0.15) is 37.8 Å². The van der Waals surface area contributed by atoms with E-state index >= 15 is 0 Å². The van der Waals surface area contributed by atoms with Crippen molar-refractivity contribution in [2.45, 2.75) is 38.3 Å². The second-order valence-corrected chi connectivity index (χ2v) is 5.19. The SMILES string of the molecule is COc1ccc([C@H](C)NC2CCCC2CN)cc1. The lowest BCUT2D eigenvalue weighted by molar-refractivity contribution is 0.373. The van der Waals surface area contributed by atoms with Gasteiger partial charge >= 0.3 is 0 Å². The molecule has 1 aliphatic carbocycles. The van der Waals surface area contributed by atoms with Gasteiger partial charge in [0.2, 0.25) is 0 Å². The molecule has 1 aromatic carbocycles. The van der Waals surface area contributed by atoms with Crippen LogP contribution in [0.3, 0.4) is 0 Å². The molecule has 0 radical (unpaired) electrons. The van der Waals surface area contributed by atoms with Crippen molar-refractivity contribution in [3.63, 3.8) is 0 Å². The smallest absolute Gasteiger partial charge is 0.118 e. The summed E-state index contributed by atoms with van der Waals surface area (Å²) in [6.07, 6.45) is 3.82. The standard InChI is InChI=1S/C15H24N2O/c1-11(12-6-8-14(18-2)9-7-12)17-15-5-3-4-13(15)10-16/h6-9,11,13,15,17H,3-5,10,16H2,1-2H3/t11-,13?,15?/m0/s1. The van der Waals surface area contributed by atoms with Crippen molar-refractivity contribution in [1.82, 2.24) is 5.32 Å². The molecule has 2 rings (SSSR count). The Morgan fingerprint density at radius 1 is 1.33 bits per heavy atom. The Hall–Kier alpha value is -1.06. The molecule has 0 spiro atoms. The van der Waals surface area contributed by atoms with E-state index in [9.17, 15) is 0 Å². The molecule has 0 saturated heterocycles. The molecule has 3 nitrogen and oxygen atoms in total. The number of nitrogens with one attached hydrogen (secondary N) is 1. The Kier molecular flexibility index (Phi) is 4.61. The fourth-order valence-electron chi connectivity index (χ4n) is 2.85. The molecule has 1 aliphatic rings. The number of methoxy groups -OCH3 is 1. The van der Waals surface area contributed by atoms with Gasteiger partial charge in [-0.2, -0.15) is 0 Å². The minimum atomic E-state index is 0.369. The Bertz CT molecular complexity index is 363. The molecule has 0 aliphatic heterocycles. The van der Waals surface area contributed by atoms with Gasteiger partial charge in [-0.25, -0.2) is 0 Å². The Morgan fingerprint density at radius 3 is 2.67 bits per heavy atom. The minimum absolute atomic E-state index is 0.369. The molecular formula is C15H24N2O. The van der Waals surface area contributed by atoms with Crippen LogP contribution in [-0.2, 0) is 0 Å². The number of ether oxygens (including phenoxy) is 1. The second-order valence-electron chi connectivity index (χ2n) is 5.19. The maximum Gasteiger partial charge on any atom is 0.118 e. The van der Waals surface area contributed by atoms with Crippen molar-refractivity contribution in [3.05, 3.63) is 29.8 Å². The van der Waals surface area contributed by atoms with E-state index in [0.717, 1.165) is 12.3 Å². The van der Waals surface area contributed by atoms with E-state index < -0.39 is 0 Å². The maximum atomic E-state index is 5.82. The Morgan fingerprint density at radius 2 is 2.06 bits per heavy atom. The van der Waals surface area contributed by atoms with Crippen molar-refractivity contribution in [2.75, 3.05) is 13.7 Å². The molecule has 0 amide bonds. The predicted molar refractivity (Wildman–Crippen MR) is 74.7 cm³/mol. The monoisotopic (exact) mass is 248 g/mol. The third-order valence-electron chi connectivity index (χ3n) is 4.04. The Labute approximate surface area is 110 Å². The molecule has 3 atom stereocenters. The lowest BCUT2D eigenvalue weighted by Gasteiger charge is -2.24. The molecule has 1 aromatic rings. The first-order valence-corrected chi connectivity index (χ1v) is 6.84. The van der Waals surface area contributed by atoms with Gasteiger partial charge in [0, 0.05) is 12.1 Å². The molecule has 0 bridgehead atoms. The van der Waals surface area contributed by atoms with E-state index in [2.05, 4.69) is 24.4 Å². The average molecular weight is 248 g/mol. The zero-order valence-corrected chi connectivity index (χ0v) is 11.4. The van der Waals surface area contributed by atoms with E-state index in [1.807, 2.05) is 12.1 Å². The van der Waals surface area contributed by atoms with Crippen LogP contribution < -0.4 is 15.8 Å². The van der Waals surface area contributed by atoms with Gasteiger partial charge in [0.05, 0.1) is 7.11 Å². The van der Waals surface area contributed by atoms with Crippen molar-refractivity contribution in [3.8, 4) is 5.75 Å². The van der Waals surface area contributed by atoms with Crippen LogP contribution >= 0.6 is 0 Å². The van der Waals surface area contributed by atoms with Crippen LogP contribution in [0.15, 0.2) is 24.3 Å². The van der Waals surface area contributed by atoms with Gasteiger partial charge in [-0.15, -0.1) is 0 Å². The molecule has 100 valence electrons. The van der Waals surface area contributed by atoms with Gasteiger partial charge in [0.15, 0.2) is 0 Å². The van der Waals surface area contributed by atoms with Gasteiger partial charge in [-0.1, -0.05) is 18.6 Å². The quantitative estimate of drug-likeness (QED) is 0.841. The van der Waals surface area contributed by atoms with Crippen molar-refractivity contribution < 1.29 is 4.74 Å². The highest BCUT2D eigenvalue weighted by Crippen LogP contribution is 2.27. The first-order valence-electron chi connectivity index (χ1n) is 6.84. The lowest BCUT2D eigenvalue weighted by atomic mass is 10.0. The van der Waals surface area contributed by atoms with Gasteiger partial charge in [0.25, 0.3) is 0 Å². The van der Waals surface area contributed by atoms with Crippen LogP contribution in [0.2, 0.25) is 0 Å². The molecule has 18 heavy (non-hydrogen) atoms. The molecule has 2 unspecified atom stereocenters. The highest BCUT2D eigenvalue weighted by Gasteiger charge is 2.27. The van der Waals surface area contributed by atoms with Gasteiger partial charge in [0.1, 0.15) is 5.75 Å². The third-order valence-corrected chi connectivity index (χ3v) is 4.04. The van der Waals surface area contributed by atoms with Crippen LogP contribution in [0, 0.1) is 5.92 Å². The number of hydrogen-bond donors (Lipinski definition) is 2. The summed E-state index contributed by atoms with van der Waals surface area (Å²) in [5.74, 6) is 1.55. The largest absolute Gasteiger partial charge is 0.497 e. The second kappa shape index (κ2) is 6.21. The minimum Gasteiger partial charge on any atom is -0.497 e. The molecule has 0 heterocycles. The number of benzene rings is 1. The topological polar surface area (TPSA) is 47.3 Å². The summed E-state index contributed by atoms with van der Waals surface area (Å²) >= 11 is 0. The summed E-state index contributed by atoms with van der Waals surface area (Å²) < 4.78 is 5.18. The summed E-state index contributed by atoms with van der Waals surface area (Å²) in [6.45, 7) is 3.01. The van der Waals surface area contributed by atoms with Crippen LogP contribution in [0.4, 0.5) is 0 Å². The summed E-state index contributed by atoms with van der Waals surface area (Å²) in [5, 5.41) is 3.71. The summed E-state index contributed by atoms with van der Waals surface area (Å²) in [6, 6.07) is 9.23. The van der Waals surface area contributed by atoms with E-state index in [1.54, 1.807) is 7.11 Å².